The number of β-amino-alcohol motifs (C(OH)–C–C–N with tert-alkyl or cyclic N) is 1. The lowest BCUT2D eigenvalue weighted by molar-refractivity contribution is -0.146. The molecule has 1 fully saturated rings. The predicted molar refractivity (Wildman–Crippen MR) is 111 cm³/mol. The number of carbonyl (C=O) groups excluding carboxylic acids is 1. The molecule has 0 bridgehead atoms. The number of carbonyl (C=O) groups is 2. The molecule has 6 nitrogen and oxygen atoms in total. The number of hydrogen-bond donors (Lipinski definition) is 3. The molecule has 1 saturated heterocycles. The molecule has 0 saturated carbocycles. The summed E-state index contributed by atoms with van der Waals surface area (Å²) in [6.45, 7) is 0.226. The summed E-state index contributed by atoms with van der Waals surface area (Å²) in [5, 5.41) is 19.4. The van der Waals surface area contributed by atoms with E-state index in [0.717, 1.165) is 36.2 Å². The van der Waals surface area contributed by atoms with Gasteiger partial charge < -0.3 is 20.1 Å². The van der Waals surface area contributed by atoms with Crippen molar-refractivity contribution in [2.45, 2.75) is 44.4 Å². The average Bonchev–Trinajstić information content (AvgIpc) is 3.11. The van der Waals surface area contributed by atoms with Crippen LogP contribution in [0.15, 0.2) is 18.2 Å². The largest absolute Gasteiger partial charge is 0.481 e. The fourth-order valence-electron chi connectivity index (χ4n) is 4.72. The van der Waals surface area contributed by atoms with Crippen LogP contribution in [-0.2, 0) is 23.8 Å². The molecule has 0 amide bonds. The molecule has 2 unspecified atom stereocenters. The quantitative estimate of drug-likeness (QED) is 0.586. The van der Waals surface area contributed by atoms with Gasteiger partial charge in [-0.05, 0) is 49.8 Å². The van der Waals surface area contributed by atoms with E-state index in [9.17, 15) is 33.0 Å². The zero-order valence-electron chi connectivity index (χ0n) is 17.0. The van der Waals surface area contributed by atoms with Crippen molar-refractivity contribution < 1.29 is 33.0 Å². The maximum atomic E-state index is 13.6. The number of aryl methyl sites for hydroxylation is 1. The van der Waals surface area contributed by atoms with E-state index in [-0.39, 0.29) is 30.2 Å². The molecule has 0 radical (unpaired) electrons. The minimum atomic E-state index is -4.77. The average molecular weight is 471 g/mol. The minimum absolute atomic E-state index is 0.00326. The van der Waals surface area contributed by atoms with Crippen molar-refractivity contribution in [3.63, 3.8) is 0 Å². The van der Waals surface area contributed by atoms with Crippen molar-refractivity contribution in [1.29, 1.82) is 0 Å². The number of alkyl halides is 3. The van der Waals surface area contributed by atoms with Gasteiger partial charge in [0.1, 0.15) is 5.69 Å². The smallest absolute Gasteiger partial charge is 0.417 e. The summed E-state index contributed by atoms with van der Waals surface area (Å²) in [6, 6.07) is 3.22. The topological polar surface area (TPSA) is 93.6 Å². The first-order valence-corrected chi connectivity index (χ1v) is 10.8. The predicted octanol–water partition coefficient (Wildman–Crippen LogP) is 4.07. The van der Waals surface area contributed by atoms with Gasteiger partial charge in [0.15, 0.2) is 0 Å². The first kappa shape index (κ1) is 22.7. The van der Waals surface area contributed by atoms with Crippen LogP contribution in [0.1, 0.15) is 52.1 Å². The van der Waals surface area contributed by atoms with Crippen molar-refractivity contribution >= 4 is 29.0 Å². The summed E-state index contributed by atoms with van der Waals surface area (Å²) in [4.78, 5) is 29.6. The molecule has 10 heteroatoms. The summed E-state index contributed by atoms with van der Waals surface area (Å²) in [5.74, 6) is -2.90. The minimum Gasteiger partial charge on any atom is -0.481 e. The number of nitrogens with one attached hydrogen (secondary N) is 1. The number of fused-ring (bicyclic) bond motifs is 1. The summed E-state index contributed by atoms with van der Waals surface area (Å²) >= 11 is 6.07. The highest BCUT2D eigenvalue weighted by molar-refractivity contribution is 6.35. The standard InChI is InChI=1S/C22H22ClF3N2O4/c23-14-6-3-5-13(22(24,25)26)17(14)20(30)18-19(11-4-1-2-7-15(11)27-18)28-9-8-12(21(31)32)16(29)10-28/h3,5-6,12,16,27,29H,1-2,4,7-10H2,(H,31,32). The highest BCUT2D eigenvalue weighted by Crippen LogP contribution is 2.41. The van der Waals surface area contributed by atoms with Crippen LogP contribution in [0.3, 0.4) is 0 Å². The molecule has 1 aliphatic carbocycles. The second-order valence-electron chi connectivity index (χ2n) is 8.25. The van der Waals surface area contributed by atoms with Gasteiger partial charge in [0, 0.05) is 18.8 Å². The normalized spacial score (nSPS) is 21.3. The number of H-pyrrole nitrogens is 1. The molecule has 1 aromatic carbocycles. The van der Waals surface area contributed by atoms with E-state index in [0.29, 0.717) is 18.5 Å². The van der Waals surface area contributed by atoms with E-state index in [4.69, 9.17) is 11.6 Å². The van der Waals surface area contributed by atoms with Gasteiger partial charge in [-0.2, -0.15) is 13.2 Å². The van der Waals surface area contributed by atoms with Crippen molar-refractivity contribution in [1.82, 2.24) is 4.98 Å². The van der Waals surface area contributed by atoms with Gasteiger partial charge in [-0.25, -0.2) is 0 Å². The highest BCUT2D eigenvalue weighted by Gasteiger charge is 2.40. The number of aliphatic hydroxyl groups is 1. The van der Waals surface area contributed by atoms with Gasteiger partial charge in [0.2, 0.25) is 5.78 Å². The third-order valence-corrected chi connectivity index (χ3v) is 6.57. The number of rotatable bonds is 4. The van der Waals surface area contributed by atoms with Crippen LogP contribution in [0.4, 0.5) is 18.9 Å². The first-order valence-electron chi connectivity index (χ1n) is 10.4. The molecule has 2 heterocycles. The van der Waals surface area contributed by atoms with Crippen LogP contribution < -0.4 is 4.90 Å². The lowest BCUT2D eigenvalue weighted by atomic mass is 9.91. The fraction of sp³-hybridized carbons (Fsp3) is 0.455. The lowest BCUT2D eigenvalue weighted by Gasteiger charge is -2.36. The van der Waals surface area contributed by atoms with Gasteiger partial charge >= 0.3 is 12.1 Å². The van der Waals surface area contributed by atoms with Crippen LogP contribution in [0.25, 0.3) is 0 Å². The monoisotopic (exact) mass is 470 g/mol. The van der Waals surface area contributed by atoms with E-state index >= 15 is 0 Å². The summed E-state index contributed by atoms with van der Waals surface area (Å²) in [5.41, 5.74) is 0.323. The van der Waals surface area contributed by atoms with E-state index < -0.39 is 41.1 Å². The van der Waals surface area contributed by atoms with Crippen molar-refractivity contribution in [3.05, 3.63) is 51.3 Å². The Labute approximate surface area is 187 Å². The molecule has 172 valence electrons. The molecule has 2 aliphatic rings. The number of benzene rings is 1. The summed E-state index contributed by atoms with van der Waals surface area (Å²) in [7, 11) is 0. The van der Waals surface area contributed by atoms with Crippen LogP contribution in [0.5, 0.6) is 0 Å². The van der Waals surface area contributed by atoms with E-state index in [2.05, 4.69) is 4.98 Å². The van der Waals surface area contributed by atoms with Gasteiger partial charge in [-0.3, -0.25) is 9.59 Å². The molecule has 1 aromatic heterocycles. The molecular formula is C22H22ClF3N2O4. The number of aliphatic carboxylic acids is 1. The Balaban J connectivity index is 1.81. The van der Waals surface area contributed by atoms with Crippen molar-refractivity contribution in [2.75, 3.05) is 18.0 Å². The van der Waals surface area contributed by atoms with E-state index in [1.165, 1.54) is 6.07 Å². The Kier molecular flexibility index (Phi) is 5.98. The maximum Gasteiger partial charge on any atom is 0.417 e. The number of aromatic amines is 1. The molecule has 32 heavy (non-hydrogen) atoms. The van der Waals surface area contributed by atoms with Gasteiger partial charge in [-0.1, -0.05) is 17.7 Å². The first-order chi connectivity index (χ1) is 15.1. The van der Waals surface area contributed by atoms with Crippen LogP contribution >= 0.6 is 11.6 Å². The number of ketones is 1. The number of nitrogens with zero attached hydrogens (tertiary/aromatic N) is 1. The third-order valence-electron chi connectivity index (χ3n) is 6.25. The van der Waals surface area contributed by atoms with Crippen LogP contribution in [0, 0.1) is 5.92 Å². The molecule has 2 atom stereocenters. The van der Waals surface area contributed by atoms with E-state index in [1.54, 1.807) is 4.90 Å². The molecular weight excluding hydrogens is 449 g/mol. The Hall–Kier alpha value is -2.52. The Morgan fingerprint density at radius 1 is 1.19 bits per heavy atom. The Bertz CT molecular complexity index is 1070. The number of carboxylic acid groups (broad SMARTS) is 1. The SMILES string of the molecule is O=C(c1[nH]c2c(c1N1CCC(C(=O)O)C(O)C1)CCCC2)c1c(Cl)cccc1C(F)(F)F. The van der Waals surface area contributed by atoms with Crippen LogP contribution in [-0.4, -0.2) is 46.1 Å². The van der Waals surface area contributed by atoms with E-state index in [1.807, 2.05) is 0 Å². The third kappa shape index (κ3) is 3.99. The second kappa shape index (κ2) is 8.44. The number of piperidine rings is 1. The summed E-state index contributed by atoms with van der Waals surface area (Å²) in [6.07, 6.45) is -2.74. The molecule has 2 aromatic rings. The number of aromatic nitrogens is 1. The molecule has 4 rings (SSSR count). The zero-order valence-corrected chi connectivity index (χ0v) is 17.8. The Morgan fingerprint density at radius 3 is 2.56 bits per heavy atom. The Morgan fingerprint density at radius 2 is 1.91 bits per heavy atom. The van der Waals surface area contributed by atoms with Gasteiger partial charge in [0.05, 0.1) is 33.9 Å². The van der Waals surface area contributed by atoms with Gasteiger partial charge in [-0.15, -0.1) is 0 Å². The molecule has 1 aliphatic heterocycles. The maximum absolute atomic E-state index is 13.6. The number of anilines is 1. The highest BCUT2D eigenvalue weighted by atomic mass is 35.5. The van der Waals surface area contributed by atoms with Crippen molar-refractivity contribution in [3.8, 4) is 0 Å². The van der Waals surface area contributed by atoms with Gasteiger partial charge in [0.25, 0.3) is 0 Å². The number of halogens is 4. The lowest BCUT2D eigenvalue weighted by Crippen LogP contribution is -2.47. The zero-order chi connectivity index (χ0) is 23.2. The second-order valence-corrected chi connectivity index (χ2v) is 8.66. The number of aliphatic hydroxyl groups excluding tert-OH is 1. The number of hydrogen-bond acceptors (Lipinski definition) is 4. The fourth-order valence-corrected chi connectivity index (χ4v) is 4.98. The van der Waals surface area contributed by atoms with Crippen LogP contribution in [0.2, 0.25) is 5.02 Å². The number of carboxylic acids is 1. The molecule has 0 spiro atoms. The summed E-state index contributed by atoms with van der Waals surface area (Å²) < 4.78 is 40.9. The van der Waals surface area contributed by atoms with Crippen molar-refractivity contribution in [2.24, 2.45) is 5.92 Å². The molecule has 3 N–H and O–H groups in total.